The second-order valence-electron chi connectivity index (χ2n) is 5.40. The van der Waals surface area contributed by atoms with Crippen LogP contribution >= 0.6 is 0 Å². The summed E-state index contributed by atoms with van der Waals surface area (Å²) in [6, 6.07) is 6.31. The van der Waals surface area contributed by atoms with Crippen molar-refractivity contribution in [3.63, 3.8) is 0 Å². The number of aliphatic hydroxyl groups excluding tert-OH is 1. The monoisotopic (exact) mass is 294 g/mol. The zero-order valence-corrected chi connectivity index (χ0v) is 12.5. The Hall–Kier alpha value is -1.46. The maximum Gasteiger partial charge on any atom is 0.240 e. The maximum atomic E-state index is 12.9. The molecule has 0 saturated carbocycles. The minimum Gasteiger partial charge on any atom is -0.395 e. The Morgan fingerprint density at radius 1 is 1.43 bits per heavy atom. The summed E-state index contributed by atoms with van der Waals surface area (Å²) in [7, 11) is 0. The van der Waals surface area contributed by atoms with Crippen molar-refractivity contribution in [2.24, 2.45) is 0 Å². The molecule has 0 spiro atoms. The van der Waals surface area contributed by atoms with E-state index in [2.05, 4.69) is 4.90 Å². The molecular weight excluding hydrogens is 271 g/mol. The summed E-state index contributed by atoms with van der Waals surface area (Å²) in [5.41, 5.74) is 1.02. The van der Waals surface area contributed by atoms with Gasteiger partial charge in [-0.25, -0.2) is 4.39 Å². The van der Waals surface area contributed by atoms with Crippen molar-refractivity contribution >= 4 is 5.91 Å². The fourth-order valence-electron chi connectivity index (χ4n) is 2.87. The number of nitrogens with zero attached hydrogens (tertiary/aromatic N) is 2. The van der Waals surface area contributed by atoms with Crippen molar-refractivity contribution in [3.8, 4) is 0 Å². The highest BCUT2D eigenvalue weighted by molar-refractivity contribution is 5.82. The highest BCUT2D eigenvalue weighted by Crippen LogP contribution is 2.22. The van der Waals surface area contributed by atoms with Gasteiger partial charge in [-0.2, -0.15) is 0 Å². The molecule has 1 saturated heterocycles. The standard InChI is InChI=1S/C16H23FN2O2/c1-2-18(10-11-20)16(21)15-4-3-9-19(15)12-13-5-7-14(17)8-6-13/h5-8,15,20H,2-4,9-12H2,1H3. The molecule has 1 atom stereocenters. The van der Waals surface area contributed by atoms with Crippen LogP contribution in [0, 0.1) is 5.82 Å². The van der Waals surface area contributed by atoms with Gasteiger partial charge in [0.05, 0.1) is 12.6 Å². The molecule has 1 N–H and O–H groups in total. The fraction of sp³-hybridized carbons (Fsp3) is 0.562. The lowest BCUT2D eigenvalue weighted by molar-refractivity contribution is -0.136. The summed E-state index contributed by atoms with van der Waals surface area (Å²) in [5.74, 6) is -0.154. The third-order valence-electron chi connectivity index (χ3n) is 4.01. The van der Waals surface area contributed by atoms with Crippen LogP contribution in [0.4, 0.5) is 4.39 Å². The number of hydrogen-bond donors (Lipinski definition) is 1. The van der Waals surface area contributed by atoms with E-state index >= 15 is 0 Å². The number of carbonyl (C=O) groups is 1. The van der Waals surface area contributed by atoms with Crippen molar-refractivity contribution in [2.45, 2.75) is 32.4 Å². The maximum absolute atomic E-state index is 12.9. The SMILES string of the molecule is CCN(CCO)C(=O)C1CCCN1Cc1ccc(F)cc1. The smallest absolute Gasteiger partial charge is 0.240 e. The van der Waals surface area contributed by atoms with E-state index in [1.807, 2.05) is 6.92 Å². The Morgan fingerprint density at radius 2 is 2.14 bits per heavy atom. The second-order valence-corrected chi connectivity index (χ2v) is 5.40. The first-order valence-electron chi connectivity index (χ1n) is 7.54. The van der Waals surface area contributed by atoms with Gasteiger partial charge >= 0.3 is 0 Å². The van der Waals surface area contributed by atoms with E-state index in [9.17, 15) is 9.18 Å². The van der Waals surface area contributed by atoms with Crippen LogP contribution in [0.1, 0.15) is 25.3 Å². The number of halogens is 1. The van der Waals surface area contributed by atoms with Gasteiger partial charge in [0.15, 0.2) is 0 Å². The third-order valence-corrected chi connectivity index (χ3v) is 4.01. The first-order chi connectivity index (χ1) is 10.2. The third kappa shape index (κ3) is 4.02. The minimum absolute atomic E-state index is 0.00966. The molecule has 0 aliphatic carbocycles. The lowest BCUT2D eigenvalue weighted by atomic mass is 10.1. The molecule has 116 valence electrons. The van der Waals surface area contributed by atoms with Crippen molar-refractivity contribution < 1.29 is 14.3 Å². The van der Waals surface area contributed by atoms with Crippen LogP contribution in [0.15, 0.2) is 24.3 Å². The zero-order chi connectivity index (χ0) is 15.2. The Morgan fingerprint density at radius 3 is 2.76 bits per heavy atom. The number of hydrogen-bond acceptors (Lipinski definition) is 3. The van der Waals surface area contributed by atoms with Crippen molar-refractivity contribution in [2.75, 3.05) is 26.2 Å². The topological polar surface area (TPSA) is 43.8 Å². The van der Waals surface area contributed by atoms with E-state index in [1.165, 1.54) is 12.1 Å². The number of amides is 1. The fourth-order valence-corrected chi connectivity index (χ4v) is 2.87. The van der Waals surface area contributed by atoms with Crippen LogP contribution in [0.3, 0.4) is 0 Å². The summed E-state index contributed by atoms with van der Waals surface area (Å²) < 4.78 is 12.9. The quantitative estimate of drug-likeness (QED) is 0.867. The summed E-state index contributed by atoms with van der Waals surface area (Å²) in [5, 5.41) is 9.04. The molecule has 0 aromatic heterocycles. The van der Waals surface area contributed by atoms with E-state index < -0.39 is 0 Å². The van der Waals surface area contributed by atoms with Crippen LogP contribution < -0.4 is 0 Å². The largest absolute Gasteiger partial charge is 0.395 e. The minimum atomic E-state index is -0.243. The first-order valence-corrected chi connectivity index (χ1v) is 7.54. The van der Waals surface area contributed by atoms with E-state index in [1.54, 1.807) is 17.0 Å². The van der Waals surface area contributed by atoms with Gasteiger partial charge in [0.1, 0.15) is 5.82 Å². The summed E-state index contributed by atoms with van der Waals surface area (Å²) in [6.07, 6.45) is 1.84. The number of benzene rings is 1. The Labute approximate surface area is 125 Å². The molecular formula is C16H23FN2O2. The molecule has 1 unspecified atom stereocenters. The van der Waals surface area contributed by atoms with Crippen LogP contribution in [0.25, 0.3) is 0 Å². The van der Waals surface area contributed by atoms with Gasteiger partial charge in [0.2, 0.25) is 5.91 Å². The molecule has 0 bridgehead atoms. The van der Waals surface area contributed by atoms with E-state index in [-0.39, 0.29) is 24.4 Å². The molecule has 0 radical (unpaired) electrons. The van der Waals surface area contributed by atoms with Crippen LogP contribution in [-0.4, -0.2) is 53.1 Å². The summed E-state index contributed by atoms with van der Waals surface area (Å²) in [4.78, 5) is 16.4. The van der Waals surface area contributed by atoms with Gasteiger partial charge in [-0.05, 0) is 44.0 Å². The lowest BCUT2D eigenvalue weighted by Gasteiger charge is -2.29. The van der Waals surface area contributed by atoms with Gasteiger partial charge in [-0.3, -0.25) is 9.69 Å². The molecule has 1 amide bonds. The number of carbonyl (C=O) groups excluding carboxylic acids is 1. The highest BCUT2D eigenvalue weighted by Gasteiger charge is 2.32. The van der Waals surface area contributed by atoms with Crippen molar-refractivity contribution in [1.29, 1.82) is 0 Å². The number of rotatable bonds is 6. The van der Waals surface area contributed by atoms with Crippen LogP contribution in [-0.2, 0) is 11.3 Å². The highest BCUT2D eigenvalue weighted by atomic mass is 19.1. The van der Waals surface area contributed by atoms with Crippen LogP contribution in [0.2, 0.25) is 0 Å². The van der Waals surface area contributed by atoms with Gasteiger partial charge < -0.3 is 10.0 Å². The zero-order valence-electron chi connectivity index (χ0n) is 12.5. The molecule has 21 heavy (non-hydrogen) atoms. The van der Waals surface area contributed by atoms with Crippen molar-refractivity contribution in [3.05, 3.63) is 35.6 Å². The van der Waals surface area contributed by atoms with E-state index in [4.69, 9.17) is 5.11 Å². The average Bonchev–Trinajstić information content (AvgIpc) is 2.94. The molecule has 1 aromatic carbocycles. The predicted octanol–water partition coefficient (Wildman–Crippen LogP) is 1.63. The second kappa shape index (κ2) is 7.52. The van der Waals surface area contributed by atoms with Gasteiger partial charge in [-0.1, -0.05) is 12.1 Å². The van der Waals surface area contributed by atoms with Gasteiger partial charge in [-0.15, -0.1) is 0 Å². The number of aliphatic hydroxyl groups is 1. The Balaban J connectivity index is 2.02. The van der Waals surface area contributed by atoms with E-state index in [0.717, 1.165) is 24.9 Å². The Kier molecular flexibility index (Phi) is 5.70. The summed E-state index contributed by atoms with van der Waals surface area (Å²) >= 11 is 0. The molecule has 1 aliphatic rings. The van der Waals surface area contributed by atoms with Gasteiger partial charge in [0.25, 0.3) is 0 Å². The normalized spacial score (nSPS) is 18.9. The molecule has 4 nitrogen and oxygen atoms in total. The molecule has 5 heteroatoms. The molecule has 1 heterocycles. The van der Waals surface area contributed by atoms with E-state index in [0.29, 0.717) is 19.6 Å². The number of likely N-dealkylation sites (tertiary alicyclic amines) is 1. The van der Waals surface area contributed by atoms with Gasteiger partial charge in [0, 0.05) is 19.6 Å². The Bertz CT molecular complexity index is 464. The summed E-state index contributed by atoms with van der Waals surface area (Å²) in [6.45, 7) is 4.45. The molecule has 1 aliphatic heterocycles. The molecule has 1 fully saturated rings. The first kappa shape index (κ1) is 15.9. The molecule has 2 rings (SSSR count). The lowest BCUT2D eigenvalue weighted by Crippen LogP contribution is -2.46. The number of likely N-dealkylation sites (N-methyl/N-ethyl adjacent to an activating group) is 1. The van der Waals surface area contributed by atoms with Crippen LogP contribution in [0.5, 0.6) is 0 Å². The average molecular weight is 294 g/mol. The predicted molar refractivity (Wildman–Crippen MR) is 79.2 cm³/mol. The van der Waals surface area contributed by atoms with Crippen molar-refractivity contribution in [1.82, 2.24) is 9.80 Å². The molecule has 1 aromatic rings.